The number of likely N-dealkylation sites (tertiary alicyclic amines) is 1. The van der Waals surface area contributed by atoms with Gasteiger partial charge >= 0.3 is 0 Å². The molecule has 1 N–H and O–H groups in total. The fourth-order valence-electron chi connectivity index (χ4n) is 2.32. The van der Waals surface area contributed by atoms with E-state index < -0.39 is 0 Å². The van der Waals surface area contributed by atoms with E-state index >= 15 is 0 Å². The maximum Gasteiger partial charge on any atom is 0.0993 e. The lowest BCUT2D eigenvalue weighted by Crippen LogP contribution is -2.45. The molecule has 0 spiro atoms. The van der Waals surface area contributed by atoms with E-state index in [0.29, 0.717) is 6.04 Å². The minimum atomic E-state index is 0.697. The zero-order chi connectivity index (χ0) is 10.5. The van der Waals surface area contributed by atoms with Crippen LogP contribution >= 0.6 is 0 Å². The molecule has 0 aromatic heterocycles. The van der Waals surface area contributed by atoms with Gasteiger partial charge in [0.25, 0.3) is 0 Å². The quantitative estimate of drug-likeness (QED) is 0.721. The van der Waals surface area contributed by atoms with E-state index in [9.17, 15) is 0 Å². The van der Waals surface area contributed by atoms with E-state index in [0.717, 1.165) is 25.8 Å². The van der Waals surface area contributed by atoms with E-state index in [-0.39, 0.29) is 0 Å². The largest absolute Gasteiger partial charge is 0.366 e. The highest BCUT2D eigenvalue weighted by molar-refractivity contribution is 4.77. The first kappa shape index (κ1) is 11.4. The Labute approximate surface area is 93.2 Å². The second kappa shape index (κ2) is 5.83. The van der Waals surface area contributed by atoms with Crippen molar-refractivity contribution in [2.75, 3.05) is 33.5 Å². The lowest BCUT2D eigenvalue weighted by atomic mass is 10.0. The molecule has 2 rings (SSSR count). The Morgan fingerprint density at radius 2 is 2.13 bits per heavy atom. The minimum absolute atomic E-state index is 0.697. The average molecular weight is 212 g/mol. The van der Waals surface area contributed by atoms with Gasteiger partial charge in [0.05, 0.1) is 13.3 Å². The number of nitrogens with zero attached hydrogens (tertiary/aromatic N) is 1. The van der Waals surface area contributed by atoms with Crippen LogP contribution in [0.4, 0.5) is 0 Å². The normalized spacial score (nSPS) is 28.2. The predicted molar refractivity (Wildman–Crippen MR) is 61.8 cm³/mol. The highest BCUT2D eigenvalue weighted by atomic mass is 16.5. The summed E-state index contributed by atoms with van der Waals surface area (Å²) in [5, 5.41) is 3.28. The third-order valence-corrected chi connectivity index (χ3v) is 3.50. The highest BCUT2D eigenvalue weighted by Crippen LogP contribution is 2.29. The molecule has 1 unspecified atom stereocenters. The lowest BCUT2D eigenvalue weighted by molar-refractivity contribution is -0.0126. The molecule has 1 saturated heterocycles. The molecule has 0 aromatic carbocycles. The van der Waals surface area contributed by atoms with Crippen molar-refractivity contribution in [3.8, 4) is 0 Å². The van der Waals surface area contributed by atoms with Gasteiger partial charge in [-0.2, -0.15) is 0 Å². The molecule has 88 valence electrons. The second-order valence-corrected chi connectivity index (χ2v) is 4.96. The number of rotatable bonds is 6. The fraction of sp³-hybridized carbons (Fsp3) is 1.00. The molecule has 1 aliphatic carbocycles. The number of likely N-dealkylation sites (N-methyl/N-ethyl adjacent to an activating group) is 1. The van der Waals surface area contributed by atoms with Gasteiger partial charge < -0.3 is 10.1 Å². The Morgan fingerprint density at radius 1 is 1.27 bits per heavy atom. The summed E-state index contributed by atoms with van der Waals surface area (Å²) in [5.74, 6) is 0.887. The second-order valence-electron chi connectivity index (χ2n) is 4.96. The molecule has 0 amide bonds. The molecular formula is C12H24N2O. The summed E-state index contributed by atoms with van der Waals surface area (Å²) in [6.45, 7) is 4.16. The van der Waals surface area contributed by atoms with Crippen molar-refractivity contribution in [1.29, 1.82) is 0 Å². The van der Waals surface area contributed by atoms with E-state index in [4.69, 9.17) is 4.74 Å². The summed E-state index contributed by atoms with van der Waals surface area (Å²) >= 11 is 0. The number of ether oxygens (including phenoxy) is 1. The van der Waals surface area contributed by atoms with Gasteiger partial charge in [-0.3, -0.25) is 4.90 Å². The van der Waals surface area contributed by atoms with Crippen molar-refractivity contribution >= 4 is 0 Å². The zero-order valence-corrected chi connectivity index (χ0v) is 9.87. The molecule has 0 aromatic rings. The summed E-state index contributed by atoms with van der Waals surface area (Å²) < 4.78 is 5.77. The summed E-state index contributed by atoms with van der Waals surface area (Å²) in [7, 11) is 2.04. The monoisotopic (exact) mass is 212 g/mol. The smallest absolute Gasteiger partial charge is 0.0993 e. The summed E-state index contributed by atoms with van der Waals surface area (Å²) in [5.41, 5.74) is 0. The molecule has 2 aliphatic rings. The van der Waals surface area contributed by atoms with Crippen molar-refractivity contribution in [1.82, 2.24) is 10.2 Å². The molecule has 2 fully saturated rings. The molecule has 3 nitrogen and oxygen atoms in total. The maximum atomic E-state index is 5.77. The van der Waals surface area contributed by atoms with Crippen LogP contribution in [0.25, 0.3) is 0 Å². The van der Waals surface area contributed by atoms with Gasteiger partial charge in [-0.15, -0.1) is 0 Å². The summed E-state index contributed by atoms with van der Waals surface area (Å²) in [6, 6.07) is 0.697. The molecule has 1 atom stereocenters. The first-order chi connectivity index (χ1) is 7.40. The maximum absolute atomic E-state index is 5.77. The Balaban J connectivity index is 1.66. The molecule has 0 radical (unpaired) electrons. The van der Waals surface area contributed by atoms with Crippen LogP contribution in [0.15, 0.2) is 0 Å². The number of hydrogen-bond acceptors (Lipinski definition) is 3. The molecular weight excluding hydrogens is 188 g/mol. The number of nitrogens with one attached hydrogen (secondary N) is 1. The molecule has 1 saturated carbocycles. The minimum Gasteiger partial charge on any atom is -0.366 e. The van der Waals surface area contributed by atoms with Crippen molar-refractivity contribution < 1.29 is 4.74 Å². The predicted octanol–water partition coefficient (Wildman–Crippen LogP) is 1.44. The standard InChI is InChI=1S/C12H24N2O/c1-13-8-12-4-2-3-7-14(12)10-15-9-11-5-6-11/h11-13H,2-10H2,1H3. The van der Waals surface area contributed by atoms with E-state index in [2.05, 4.69) is 10.2 Å². The van der Waals surface area contributed by atoms with E-state index in [1.54, 1.807) is 0 Å². The fourth-order valence-corrected chi connectivity index (χ4v) is 2.32. The topological polar surface area (TPSA) is 24.5 Å². The van der Waals surface area contributed by atoms with Crippen molar-refractivity contribution in [2.45, 2.75) is 38.1 Å². The SMILES string of the molecule is CNCC1CCCCN1COCC1CC1. The Hall–Kier alpha value is -0.120. The van der Waals surface area contributed by atoms with Gasteiger partial charge in [0.15, 0.2) is 0 Å². The van der Waals surface area contributed by atoms with Gasteiger partial charge in [-0.05, 0) is 38.6 Å². The van der Waals surface area contributed by atoms with Crippen LogP contribution in [0.5, 0.6) is 0 Å². The van der Waals surface area contributed by atoms with E-state index in [1.807, 2.05) is 7.05 Å². The van der Waals surface area contributed by atoms with Gasteiger partial charge in [-0.25, -0.2) is 0 Å². The van der Waals surface area contributed by atoms with Crippen LogP contribution < -0.4 is 5.32 Å². The average Bonchev–Trinajstić information content (AvgIpc) is 3.05. The van der Waals surface area contributed by atoms with Crippen LogP contribution in [-0.2, 0) is 4.74 Å². The van der Waals surface area contributed by atoms with Crippen LogP contribution in [0.3, 0.4) is 0 Å². The molecule has 3 heteroatoms. The van der Waals surface area contributed by atoms with Gasteiger partial charge in [0, 0.05) is 19.1 Å². The van der Waals surface area contributed by atoms with Gasteiger partial charge in [0.1, 0.15) is 0 Å². The van der Waals surface area contributed by atoms with Gasteiger partial charge in [-0.1, -0.05) is 6.42 Å². The number of piperidine rings is 1. The lowest BCUT2D eigenvalue weighted by Gasteiger charge is -2.35. The van der Waals surface area contributed by atoms with Gasteiger partial charge in [0.2, 0.25) is 0 Å². The van der Waals surface area contributed by atoms with E-state index in [1.165, 1.54) is 38.6 Å². The highest BCUT2D eigenvalue weighted by Gasteiger charge is 2.24. The molecule has 0 bridgehead atoms. The summed E-state index contributed by atoms with van der Waals surface area (Å²) in [4.78, 5) is 2.50. The Bertz CT molecular complexity index is 180. The van der Waals surface area contributed by atoms with Crippen LogP contribution in [0.2, 0.25) is 0 Å². The van der Waals surface area contributed by atoms with Crippen LogP contribution in [0, 0.1) is 5.92 Å². The number of hydrogen-bond donors (Lipinski definition) is 1. The molecule has 15 heavy (non-hydrogen) atoms. The third-order valence-electron chi connectivity index (χ3n) is 3.50. The third kappa shape index (κ3) is 3.74. The molecule has 1 aliphatic heterocycles. The molecule has 1 heterocycles. The Morgan fingerprint density at radius 3 is 2.87 bits per heavy atom. The van der Waals surface area contributed by atoms with Crippen LogP contribution in [-0.4, -0.2) is 44.4 Å². The first-order valence-corrected chi connectivity index (χ1v) is 6.36. The van der Waals surface area contributed by atoms with Crippen molar-refractivity contribution in [3.05, 3.63) is 0 Å². The zero-order valence-electron chi connectivity index (χ0n) is 9.87. The van der Waals surface area contributed by atoms with Crippen molar-refractivity contribution in [3.63, 3.8) is 0 Å². The summed E-state index contributed by atoms with van der Waals surface area (Å²) in [6.07, 6.45) is 6.83. The van der Waals surface area contributed by atoms with Crippen LogP contribution in [0.1, 0.15) is 32.1 Å². The van der Waals surface area contributed by atoms with Crippen molar-refractivity contribution in [2.24, 2.45) is 5.92 Å². The Kier molecular flexibility index (Phi) is 4.42. The first-order valence-electron chi connectivity index (χ1n) is 6.36.